The van der Waals surface area contributed by atoms with Gasteiger partial charge in [0.2, 0.25) is 5.91 Å². The Labute approximate surface area is 134 Å². The van der Waals surface area contributed by atoms with Crippen molar-refractivity contribution in [2.45, 2.75) is 71.1 Å². The predicted molar refractivity (Wildman–Crippen MR) is 85.4 cm³/mol. The molecule has 0 aliphatic heterocycles. The van der Waals surface area contributed by atoms with Gasteiger partial charge >= 0.3 is 0 Å². The Kier molecular flexibility index (Phi) is 13.9. The summed E-state index contributed by atoms with van der Waals surface area (Å²) in [5, 5.41) is 2.91. The van der Waals surface area contributed by atoms with Crippen LogP contribution in [0, 0.1) is 0 Å². The molecular weight excluding hydrogens is 305 g/mol. The molecule has 0 saturated heterocycles. The summed E-state index contributed by atoms with van der Waals surface area (Å²) in [6.45, 7) is 3.02. The van der Waals surface area contributed by atoms with E-state index >= 15 is 0 Å². The molecule has 0 radical (unpaired) electrons. The smallest absolute Gasteiger partial charge is 0.267 e. The minimum absolute atomic E-state index is 0.132. The third kappa shape index (κ3) is 14.5. The van der Waals surface area contributed by atoms with Crippen molar-refractivity contribution in [1.82, 2.24) is 5.32 Å². The molecule has 0 spiro atoms. The second-order valence-electron chi connectivity index (χ2n) is 5.39. The van der Waals surface area contributed by atoms with Gasteiger partial charge in [0.15, 0.2) is 0 Å². The quantitative estimate of drug-likeness (QED) is 0.367. The van der Waals surface area contributed by atoms with Crippen LogP contribution in [0.1, 0.15) is 71.1 Å². The molecule has 1 atom stereocenters. The Morgan fingerprint density at radius 2 is 1.68 bits per heavy atom. The number of phosphoric ester groups is 1. The van der Waals surface area contributed by atoms with Gasteiger partial charge in [-0.1, -0.05) is 45.4 Å². The number of phosphoric acid groups is 1. The first-order valence-electron chi connectivity index (χ1n) is 8.30. The van der Waals surface area contributed by atoms with E-state index < -0.39 is 7.82 Å². The fourth-order valence-corrected chi connectivity index (χ4v) is 2.47. The van der Waals surface area contributed by atoms with E-state index in [0.717, 1.165) is 39.2 Å². The highest BCUT2D eigenvalue weighted by Crippen LogP contribution is 2.36. The van der Waals surface area contributed by atoms with Crippen molar-refractivity contribution < 1.29 is 23.3 Å². The lowest BCUT2D eigenvalue weighted by Gasteiger charge is -2.19. The zero-order valence-electron chi connectivity index (χ0n) is 14.0. The molecule has 0 aromatic rings. The van der Waals surface area contributed by atoms with E-state index in [0.29, 0.717) is 19.4 Å². The van der Waals surface area contributed by atoms with E-state index in [9.17, 15) is 14.3 Å². The average Bonchev–Trinajstić information content (AvgIpc) is 2.49. The Balaban J connectivity index is 3.28. The largest absolute Gasteiger partial charge is 0.756 e. The molecule has 132 valence electrons. The lowest BCUT2D eigenvalue weighted by Crippen LogP contribution is -2.23. The molecule has 0 heterocycles. The van der Waals surface area contributed by atoms with Crippen LogP contribution in [0.4, 0.5) is 0 Å². The van der Waals surface area contributed by atoms with Gasteiger partial charge < -0.3 is 19.3 Å². The Morgan fingerprint density at radius 3 is 2.36 bits per heavy atom. The molecule has 0 aliphatic rings. The second-order valence-corrected chi connectivity index (χ2v) is 6.91. The van der Waals surface area contributed by atoms with Gasteiger partial charge in [-0.05, 0) is 19.3 Å². The van der Waals surface area contributed by atoms with Crippen LogP contribution >= 0.6 is 7.82 Å². The fourth-order valence-electron chi connectivity index (χ4n) is 2.01. The van der Waals surface area contributed by atoms with Gasteiger partial charge in [-0.15, -0.1) is 0 Å². The van der Waals surface area contributed by atoms with Crippen LogP contribution in [-0.2, 0) is 18.4 Å². The monoisotopic (exact) mass is 336 g/mol. The third-order valence-corrected chi connectivity index (χ3v) is 4.32. The van der Waals surface area contributed by atoms with Crippen LogP contribution in [0.3, 0.4) is 0 Å². The minimum atomic E-state index is -4.07. The molecule has 7 heteroatoms. The maximum atomic E-state index is 11.5. The molecule has 1 amide bonds. The Bertz CT molecular complexity index is 325. The summed E-state index contributed by atoms with van der Waals surface area (Å²) in [6.07, 6.45) is 9.78. The number of rotatable bonds is 15. The summed E-state index contributed by atoms with van der Waals surface area (Å²) in [6, 6.07) is 0. The first kappa shape index (κ1) is 21.6. The van der Waals surface area contributed by atoms with Gasteiger partial charge in [0, 0.05) is 20.1 Å². The van der Waals surface area contributed by atoms with Crippen LogP contribution in [0.15, 0.2) is 0 Å². The van der Waals surface area contributed by atoms with Crippen molar-refractivity contribution in [3.63, 3.8) is 0 Å². The summed E-state index contributed by atoms with van der Waals surface area (Å²) < 4.78 is 19.7. The van der Waals surface area contributed by atoms with Crippen LogP contribution in [0.25, 0.3) is 0 Å². The number of amides is 1. The first-order chi connectivity index (χ1) is 10.5. The van der Waals surface area contributed by atoms with Crippen LogP contribution in [-0.4, -0.2) is 26.2 Å². The normalized spacial score (nSPS) is 13.8. The standard InChI is InChI=1S/C15H32NO5P/c1-3-4-5-6-9-12-15(17)16-13-10-7-8-11-14-21-22(18,19)20-2/h3-14H2,1-2H3,(H,16,17)(H,18,19)/p-1. The molecule has 0 fully saturated rings. The Hall–Kier alpha value is -0.420. The van der Waals surface area contributed by atoms with E-state index in [2.05, 4.69) is 21.3 Å². The maximum absolute atomic E-state index is 11.5. The van der Waals surface area contributed by atoms with Gasteiger partial charge in [0.05, 0.1) is 6.61 Å². The highest BCUT2D eigenvalue weighted by Gasteiger charge is 2.05. The fraction of sp³-hybridized carbons (Fsp3) is 0.933. The van der Waals surface area contributed by atoms with Crippen LogP contribution < -0.4 is 10.2 Å². The van der Waals surface area contributed by atoms with Crippen molar-refractivity contribution in [2.24, 2.45) is 0 Å². The molecule has 0 aromatic heterocycles. The third-order valence-electron chi connectivity index (χ3n) is 3.37. The van der Waals surface area contributed by atoms with Crippen LogP contribution in [0.5, 0.6) is 0 Å². The van der Waals surface area contributed by atoms with Gasteiger partial charge in [-0.25, -0.2) is 0 Å². The van der Waals surface area contributed by atoms with E-state index in [4.69, 9.17) is 0 Å². The van der Waals surface area contributed by atoms with Gasteiger partial charge in [-0.2, -0.15) is 0 Å². The number of hydrogen-bond acceptors (Lipinski definition) is 5. The molecule has 0 saturated carbocycles. The van der Waals surface area contributed by atoms with Crippen LogP contribution in [0.2, 0.25) is 0 Å². The summed E-state index contributed by atoms with van der Waals surface area (Å²) in [7, 11) is -2.99. The molecule has 1 N–H and O–H groups in total. The molecule has 0 aliphatic carbocycles. The highest BCUT2D eigenvalue weighted by atomic mass is 31.2. The minimum Gasteiger partial charge on any atom is -0.756 e. The van der Waals surface area contributed by atoms with Crippen molar-refractivity contribution >= 4 is 13.7 Å². The summed E-state index contributed by atoms with van der Waals surface area (Å²) in [5.74, 6) is 0.132. The molecule has 0 aromatic carbocycles. The lowest BCUT2D eigenvalue weighted by molar-refractivity contribution is -0.223. The van der Waals surface area contributed by atoms with Gasteiger partial charge in [0.1, 0.15) is 0 Å². The van der Waals surface area contributed by atoms with Gasteiger partial charge in [-0.3, -0.25) is 9.36 Å². The number of hydrogen-bond donors (Lipinski definition) is 1. The maximum Gasteiger partial charge on any atom is 0.267 e. The predicted octanol–water partition coefficient (Wildman–Crippen LogP) is 3.15. The molecule has 0 rings (SSSR count). The number of carbonyl (C=O) groups excluding carboxylic acids is 1. The number of nitrogens with one attached hydrogen (secondary N) is 1. The summed E-state index contributed by atoms with van der Waals surface area (Å²) in [5.41, 5.74) is 0. The number of carbonyl (C=O) groups is 1. The second kappa shape index (κ2) is 14.2. The molecule has 1 unspecified atom stereocenters. The Morgan fingerprint density at radius 1 is 1.05 bits per heavy atom. The SMILES string of the molecule is CCCCCCCC(=O)NCCCCCCOP(=O)([O-])OC. The summed E-state index contributed by atoms with van der Waals surface area (Å²) >= 11 is 0. The van der Waals surface area contributed by atoms with E-state index in [1.165, 1.54) is 19.3 Å². The van der Waals surface area contributed by atoms with Crippen molar-refractivity contribution in [2.75, 3.05) is 20.3 Å². The van der Waals surface area contributed by atoms with Crippen molar-refractivity contribution in [3.05, 3.63) is 0 Å². The summed E-state index contributed by atoms with van der Waals surface area (Å²) in [4.78, 5) is 22.4. The molecule has 22 heavy (non-hydrogen) atoms. The lowest BCUT2D eigenvalue weighted by atomic mass is 10.1. The number of unbranched alkanes of at least 4 members (excludes halogenated alkanes) is 7. The van der Waals surface area contributed by atoms with Crippen molar-refractivity contribution in [3.8, 4) is 0 Å². The zero-order valence-corrected chi connectivity index (χ0v) is 14.9. The van der Waals surface area contributed by atoms with E-state index in [1.54, 1.807) is 0 Å². The highest BCUT2D eigenvalue weighted by molar-refractivity contribution is 7.45. The molecular formula is C15H31NO5P-. The molecule has 0 bridgehead atoms. The van der Waals surface area contributed by atoms with Gasteiger partial charge in [0.25, 0.3) is 7.82 Å². The average molecular weight is 336 g/mol. The first-order valence-corrected chi connectivity index (χ1v) is 9.76. The van der Waals surface area contributed by atoms with E-state index in [1.807, 2.05) is 0 Å². The topological polar surface area (TPSA) is 87.7 Å². The van der Waals surface area contributed by atoms with E-state index in [-0.39, 0.29) is 12.5 Å². The zero-order chi connectivity index (χ0) is 16.7. The van der Waals surface area contributed by atoms with Crippen molar-refractivity contribution in [1.29, 1.82) is 0 Å². The molecule has 6 nitrogen and oxygen atoms in total.